The number of benzene rings is 2. The maximum Gasteiger partial charge on any atom is 0.174 e. The van der Waals surface area contributed by atoms with Crippen molar-refractivity contribution in [2.75, 3.05) is 0 Å². The van der Waals surface area contributed by atoms with Gasteiger partial charge < -0.3 is 0 Å². The smallest absolute Gasteiger partial charge is 0.174 e. The summed E-state index contributed by atoms with van der Waals surface area (Å²) in [6.45, 7) is 5.79. The summed E-state index contributed by atoms with van der Waals surface area (Å²) in [6.07, 6.45) is 0. The van der Waals surface area contributed by atoms with Gasteiger partial charge in [0.15, 0.2) is 11.6 Å². The Morgan fingerprint density at radius 1 is 0.714 bits per heavy atom. The molecule has 0 unspecified atom stereocenters. The van der Waals surface area contributed by atoms with Crippen molar-refractivity contribution in [1.82, 2.24) is 0 Å². The molecule has 0 aliphatic heterocycles. The summed E-state index contributed by atoms with van der Waals surface area (Å²) in [5.41, 5.74) is 0.739. The zero-order valence-electron chi connectivity index (χ0n) is 12.7. The van der Waals surface area contributed by atoms with Crippen molar-refractivity contribution in [1.29, 1.82) is 0 Å². The fourth-order valence-electron chi connectivity index (χ4n) is 2.44. The minimum absolute atomic E-state index is 0.114. The third-order valence-corrected chi connectivity index (χ3v) is 3.51. The summed E-state index contributed by atoms with van der Waals surface area (Å²) < 4.78 is 0. The molecule has 0 atom stereocenters. The minimum atomic E-state index is -0.678. The highest BCUT2D eigenvalue weighted by Gasteiger charge is 2.38. The van der Waals surface area contributed by atoms with Crippen molar-refractivity contribution in [3.8, 4) is 0 Å². The molecule has 0 amide bonds. The van der Waals surface area contributed by atoms with Gasteiger partial charge in [0, 0.05) is 11.1 Å². The van der Waals surface area contributed by atoms with E-state index < -0.39 is 11.3 Å². The average Bonchev–Trinajstić information content (AvgIpc) is 2.47. The summed E-state index contributed by atoms with van der Waals surface area (Å²) >= 11 is 0. The lowest BCUT2D eigenvalue weighted by Gasteiger charge is -2.28. The van der Waals surface area contributed by atoms with E-state index in [1.165, 1.54) is 0 Å². The van der Waals surface area contributed by atoms with E-state index >= 15 is 0 Å². The Morgan fingerprint density at radius 2 is 1.05 bits per heavy atom. The lowest BCUT2D eigenvalue weighted by Crippen LogP contribution is -2.35. The number of rotatable bonds is 4. The Labute approximate surface area is 125 Å². The zero-order valence-corrected chi connectivity index (χ0v) is 12.7. The summed E-state index contributed by atoms with van der Waals surface area (Å²) in [7, 11) is 0. The maximum absolute atomic E-state index is 12.8. The standard InChI is InChI=1S/C19H20O2/c1-19(2,3)16(17(20)14-10-6-4-7-11-14)18(21)15-12-8-5-9-13-15/h4-13,16H,1-3H3. The first-order valence-corrected chi connectivity index (χ1v) is 7.10. The van der Waals surface area contributed by atoms with E-state index in [2.05, 4.69) is 0 Å². The predicted octanol–water partition coefficient (Wildman–Crippen LogP) is 4.41. The molecule has 0 saturated heterocycles. The molecule has 108 valence electrons. The van der Waals surface area contributed by atoms with E-state index in [1.807, 2.05) is 57.2 Å². The molecule has 2 aromatic carbocycles. The first kappa shape index (κ1) is 15.2. The van der Waals surface area contributed by atoms with Gasteiger partial charge in [0.1, 0.15) is 0 Å². The molecule has 0 aliphatic rings. The molecule has 0 radical (unpaired) electrons. The number of ketones is 2. The van der Waals surface area contributed by atoms with Crippen LogP contribution in [-0.4, -0.2) is 11.6 Å². The third kappa shape index (κ3) is 3.46. The highest BCUT2D eigenvalue weighted by molar-refractivity contribution is 6.16. The van der Waals surface area contributed by atoms with Crippen LogP contribution < -0.4 is 0 Å². The lowest BCUT2D eigenvalue weighted by molar-refractivity contribution is 0.0694. The monoisotopic (exact) mass is 280 g/mol. The summed E-state index contributed by atoms with van der Waals surface area (Å²) in [5, 5.41) is 0. The van der Waals surface area contributed by atoms with E-state index in [0.717, 1.165) is 0 Å². The van der Waals surface area contributed by atoms with Crippen molar-refractivity contribution in [3.05, 3.63) is 71.8 Å². The van der Waals surface area contributed by atoms with Gasteiger partial charge in [0.25, 0.3) is 0 Å². The van der Waals surface area contributed by atoms with E-state index in [0.29, 0.717) is 11.1 Å². The average molecular weight is 280 g/mol. The van der Waals surface area contributed by atoms with Crippen molar-refractivity contribution < 1.29 is 9.59 Å². The molecule has 0 aliphatic carbocycles. The second-order valence-electron chi connectivity index (χ2n) is 6.26. The van der Waals surface area contributed by atoms with Gasteiger partial charge in [-0.2, -0.15) is 0 Å². The van der Waals surface area contributed by atoms with E-state index in [1.54, 1.807) is 24.3 Å². The highest BCUT2D eigenvalue weighted by Crippen LogP contribution is 2.32. The van der Waals surface area contributed by atoms with E-state index in [-0.39, 0.29) is 11.6 Å². The van der Waals surface area contributed by atoms with Crippen molar-refractivity contribution in [2.45, 2.75) is 20.8 Å². The van der Waals surface area contributed by atoms with Crippen LogP contribution in [0.4, 0.5) is 0 Å². The van der Waals surface area contributed by atoms with Crippen LogP contribution in [0.15, 0.2) is 60.7 Å². The van der Waals surface area contributed by atoms with Crippen molar-refractivity contribution in [3.63, 3.8) is 0 Å². The van der Waals surface area contributed by atoms with Crippen LogP contribution in [-0.2, 0) is 0 Å². The first-order chi connectivity index (χ1) is 9.91. The Morgan fingerprint density at radius 3 is 1.33 bits per heavy atom. The van der Waals surface area contributed by atoms with E-state index in [9.17, 15) is 9.59 Å². The van der Waals surface area contributed by atoms with Crippen molar-refractivity contribution in [2.24, 2.45) is 11.3 Å². The normalized spacial score (nSPS) is 11.4. The maximum atomic E-state index is 12.8. The second-order valence-corrected chi connectivity index (χ2v) is 6.26. The highest BCUT2D eigenvalue weighted by atomic mass is 16.2. The fraction of sp³-hybridized carbons (Fsp3) is 0.263. The Balaban J connectivity index is 2.41. The molecule has 2 heteroatoms. The molecule has 2 nitrogen and oxygen atoms in total. The molecule has 2 rings (SSSR count). The third-order valence-electron chi connectivity index (χ3n) is 3.51. The SMILES string of the molecule is CC(C)(C)C(C(=O)c1ccccc1)C(=O)c1ccccc1. The van der Waals surface area contributed by atoms with Gasteiger partial charge in [0.2, 0.25) is 0 Å². The minimum Gasteiger partial charge on any atom is -0.293 e. The molecule has 0 fully saturated rings. The van der Waals surface area contributed by atoms with Gasteiger partial charge in [-0.05, 0) is 5.41 Å². The van der Waals surface area contributed by atoms with Crippen LogP contribution in [0, 0.1) is 11.3 Å². The van der Waals surface area contributed by atoms with Gasteiger partial charge in [-0.3, -0.25) is 9.59 Å². The summed E-state index contributed by atoms with van der Waals surface area (Å²) in [5.74, 6) is -0.906. The van der Waals surface area contributed by atoms with Crippen LogP contribution in [0.3, 0.4) is 0 Å². The second kappa shape index (κ2) is 6.04. The number of Topliss-reactive ketones (excluding diaryl/α,β-unsaturated/α-hetero) is 2. The van der Waals surface area contributed by atoms with Crippen LogP contribution >= 0.6 is 0 Å². The molecule has 0 saturated carbocycles. The fourth-order valence-corrected chi connectivity index (χ4v) is 2.44. The Hall–Kier alpha value is -2.22. The molecular weight excluding hydrogens is 260 g/mol. The van der Waals surface area contributed by atoms with Gasteiger partial charge in [-0.25, -0.2) is 0 Å². The van der Waals surface area contributed by atoms with E-state index in [4.69, 9.17) is 0 Å². The summed E-state index contributed by atoms with van der Waals surface area (Å²) in [6, 6.07) is 18.1. The number of carbonyl (C=O) groups excluding carboxylic acids is 2. The van der Waals surface area contributed by atoms with Crippen LogP contribution in [0.2, 0.25) is 0 Å². The molecule has 0 N–H and O–H groups in total. The number of hydrogen-bond acceptors (Lipinski definition) is 2. The van der Waals surface area contributed by atoms with Crippen molar-refractivity contribution >= 4 is 11.6 Å². The molecule has 0 heterocycles. The van der Waals surface area contributed by atoms with Crippen LogP contribution in [0.1, 0.15) is 41.5 Å². The Bertz CT molecular complexity index is 570. The molecule has 0 bridgehead atoms. The molecule has 21 heavy (non-hydrogen) atoms. The van der Waals surface area contributed by atoms with Crippen LogP contribution in [0.5, 0.6) is 0 Å². The zero-order chi connectivity index (χ0) is 15.5. The molecular formula is C19H20O2. The summed E-state index contributed by atoms with van der Waals surface area (Å²) in [4.78, 5) is 25.6. The van der Waals surface area contributed by atoms with Gasteiger partial charge in [-0.1, -0.05) is 81.4 Å². The lowest BCUT2D eigenvalue weighted by atomic mass is 9.72. The molecule has 0 spiro atoms. The number of carbonyl (C=O) groups is 2. The quantitative estimate of drug-likeness (QED) is 0.614. The first-order valence-electron chi connectivity index (χ1n) is 7.10. The predicted molar refractivity (Wildman–Crippen MR) is 84.5 cm³/mol. The molecule has 0 aromatic heterocycles. The Kier molecular flexibility index (Phi) is 4.37. The van der Waals surface area contributed by atoms with Crippen LogP contribution in [0.25, 0.3) is 0 Å². The van der Waals surface area contributed by atoms with Gasteiger partial charge in [-0.15, -0.1) is 0 Å². The number of hydrogen-bond donors (Lipinski definition) is 0. The van der Waals surface area contributed by atoms with Gasteiger partial charge in [0.05, 0.1) is 5.92 Å². The molecule has 2 aromatic rings. The largest absolute Gasteiger partial charge is 0.293 e. The van der Waals surface area contributed by atoms with Gasteiger partial charge >= 0.3 is 0 Å². The topological polar surface area (TPSA) is 34.1 Å².